The van der Waals surface area contributed by atoms with Gasteiger partial charge in [0.05, 0.1) is 0 Å². The van der Waals surface area contributed by atoms with E-state index in [0.717, 1.165) is 36.5 Å². The Hall–Kier alpha value is -2.20. The smallest absolute Gasteiger partial charge is 0.262 e. The third-order valence-corrected chi connectivity index (χ3v) is 8.09. The number of aryl methyl sites for hydroxylation is 1. The molecule has 2 saturated heterocycles. The van der Waals surface area contributed by atoms with Gasteiger partial charge in [-0.1, -0.05) is 20.8 Å². The molecule has 0 aliphatic carbocycles. The van der Waals surface area contributed by atoms with Gasteiger partial charge in [-0.25, -0.2) is 13.4 Å². The van der Waals surface area contributed by atoms with E-state index in [9.17, 15) is 8.42 Å². The fourth-order valence-corrected chi connectivity index (χ4v) is 5.70. The summed E-state index contributed by atoms with van der Waals surface area (Å²) in [5.41, 5.74) is 0. The van der Waals surface area contributed by atoms with E-state index in [1.807, 2.05) is 33.0 Å². The number of aromatic nitrogens is 4. The SMILES string of the molecule is CC1CCN(c2ccc(N3CCN(S(=O)(=O)c4cn(C)c(C(C)C)n4)CC3)nn2)CC1. The number of anilines is 2. The van der Waals surface area contributed by atoms with Gasteiger partial charge in [0.1, 0.15) is 5.82 Å². The van der Waals surface area contributed by atoms with Crippen LogP contribution in [0, 0.1) is 5.92 Å². The van der Waals surface area contributed by atoms with E-state index in [1.54, 1.807) is 10.8 Å². The van der Waals surface area contributed by atoms with Crippen LogP contribution < -0.4 is 9.80 Å². The van der Waals surface area contributed by atoms with Crippen molar-refractivity contribution in [1.82, 2.24) is 24.1 Å². The molecule has 0 amide bonds. The van der Waals surface area contributed by atoms with Crippen molar-refractivity contribution in [3.63, 3.8) is 0 Å². The molecule has 0 bridgehead atoms. The van der Waals surface area contributed by atoms with Crippen LogP contribution in [-0.2, 0) is 17.1 Å². The second-order valence-corrected chi connectivity index (χ2v) is 10.9. The summed E-state index contributed by atoms with van der Waals surface area (Å²) < 4.78 is 29.4. The molecule has 0 spiro atoms. The second-order valence-electron chi connectivity index (χ2n) is 9.01. The summed E-state index contributed by atoms with van der Waals surface area (Å²) >= 11 is 0. The molecule has 0 radical (unpaired) electrons. The quantitative estimate of drug-likeness (QED) is 0.693. The third-order valence-electron chi connectivity index (χ3n) is 6.32. The summed E-state index contributed by atoms with van der Waals surface area (Å²) in [5, 5.41) is 9.00. The third kappa shape index (κ3) is 4.55. The number of sulfonamides is 1. The lowest BCUT2D eigenvalue weighted by atomic mass is 9.99. The predicted molar refractivity (Wildman–Crippen MR) is 121 cm³/mol. The molecular weight excluding hydrogens is 414 g/mol. The maximum absolute atomic E-state index is 13.1. The van der Waals surface area contributed by atoms with Crippen molar-refractivity contribution in [1.29, 1.82) is 0 Å². The maximum atomic E-state index is 13.1. The van der Waals surface area contributed by atoms with Crippen LogP contribution in [-0.4, -0.2) is 71.7 Å². The summed E-state index contributed by atoms with van der Waals surface area (Å²) in [6, 6.07) is 4.03. The van der Waals surface area contributed by atoms with Crippen molar-refractivity contribution in [2.45, 2.75) is 44.6 Å². The molecule has 0 atom stereocenters. The Morgan fingerprint density at radius 2 is 1.48 bits per heavy atom. The lowest BCUT2D eigenvalue weighted by Crippen LogP contribution is -2.49. The van der Waals surface area contributed by atoms with Gasteiger partial charge in [-0.15, -0.1) is 10.2 Å². The summed E-state index contributed by atoms with van der Waals surface area (Å²) in [4.78, 5) is 8.77. The zero-order chi connectivity index (χ0) is 22.2. The van der Waals surface area contributed by atoms with Crippen molar-refractivity contribution in [3.05, 3.63) is 24.2 Å². The minimum absolute atomic E-state index is 0.132. The van der Waals surface area contributed by atoms with Gasteiger partial charge in [0.15, 0.2) is 16.7 Å². The van der Waals surface area contributed by atoms with Crippen LogP contribution in [0.5, 0.6) is 0 Å². The van der Waals surface area contributed by atoms with Crippen molar-refractivity contribution >= 4 is 21.7 Å². The lowest BCUT2D eigenvalue weighted by Gasteiger charge is -2.34. The lowest BCUT2D eigenvalue weighted by molar-refractivity contribution is 0.382. The van der Waals surface area contributed by atoms with Crippen LogP contribution >= 0.6 is 0 Å². The number of piperazine rings is 1. The highest BCUT2D eigenvalue weighted by Crippen LogP contribution is 2.24. The van der Waals surface area contributed by atoms with Crippen LogP contribution in [0.1, 0.15) is 45.4 Å². The Kier molecular flexibility index (Phi) is 6.20. The van der Waals surface area contributed by atoms with E-state index in [4.69, 9.17) is 0 Å². The molecule has 0 aromatic carbocycles. The fourth-order valence-electron chi connectivity index (χ4n) is 4.30. The van der Waals surface area contributed by atoms with Gasteiger partial charge in [0.2, 0.25) is 0 Å². The molecule has 31 heavy (non-hydrogen) atoms. The van der Waals surface area contributed by atoms with Crippen molar-refractivity contribution in [3.8, 4) is 0 Å². The van der Waals surface area contributed by atoms with Gasteiger partial charge >= 0.3 is 0 Å². The van der Waals surface area contributed by atoms with E-state index in [1.165, 1.54) is 17.1 Å². The molecule has 0 saturated carbocycles. The Balaban J connectivity index is 1.38. The summed E-state index contributed by atoms with van der Waals surface area (Å²) in [6.45, 7) is 10.3. The normalized spacial score (nSPS) is 19.4. The molecular formula is C21H33N7O2S. The van der Waals surface area contributed by atoms with Crippen LogP contribution in [0.4, 0.5) is 11.6 Å². The molecule has 2 aromatic rings. The summed E-state index contributed by atoms with van der Waals surface area (Å²) in [5.74, 6) is 3.44. The minimum Gasteiger partial charge on any atom is -0.355 e. The Bertz CT molecular complexity index is 987. The van der Waals surface area contributed by atoms with Gasteiger partial charge in [0, 0.05) is 58.4 Å². The zero-order valence-electron chi connectivity index (χ0n) is 18.9. The number of nitrogens with zero attached hydrogens (tertiary/aromatic N) is 7. The highest BCUT2D eigenvalue weighted by molar-refractivity contribution is 7.89. The average Bonchev–Trinajstić information content (AvgIpc) is 3.17. The number of rotatable bonds is 5. The molecule has 9 nitrogen and oxygen atoms in total. The van der Waals surface area contributed by atoms with E-state index < -0.39 is 10.0 Å². The molecule has 170 valence electrons. The molecule has 2 fully saturated rings. The first-order valence-corrected chi connectivity index (χ1v) is 12.6. The van der Waals surface area contributed by atoms with E-state index >= 15 is 0 Å². The Morgan fingerprint density at radius 1 is 0.935 bits per heavy atom. The van der Waals surface area contributed by atoms with Crippen LogP contribution in [0.2, 0.25) is 0 Å². The van der Waals surface area contributed by atoms with E-state index in [-0.39, 0.29) is 10.9 Å². The number of hydrogen-bond donors (Lipinski definition) is 0. The Labute approximate surface area is 185 Å². The van der Waals surface area contributed by atoms with Crippen LogP contribution in [0.25, 0.3) is 0 Å². The van der Waals surface area contributed by atoms with Crippen molar-refractivity contribution in [2.75, 3.05) is 49.1 Å². The van der Waals surface area contributed by atoms with Gasteiger partial charge in [-0.2, -0.15) is 4.31 Å². The van der Waals surface area contributed by atoms with Crippen molar-refractivity contribution < 1.29 is 8.42 Å². The van der Waals surface area contributed by atoms with Gasteiger partial charge in [0.25, 0.3) is 10.0 Å². The maximum Gasteiger partial charge on any atom is 0.262 e. The Morgan fingerprint density at radius 3 is 1.97 bits per heavy atom. The van der Waals surface area contributed by atoms with Gasteiger partial charge in [-0.05, 0) is 30.9 Å². The average molecular weight is 448 g/mol. The van der Waals surface area contributed by atoms with Crippen LogP contribution in [0.3, 0.4) is 0 Å². The van der Waals surface area contributed by atoms with Gasteiger partial charge in [-0.3, -0.25) is 0 Å². The first-order chi connectivity index (χ1) is 14.8. The summed E-state index contributed by atoms with van der Waals surface area (Å²) in [7, 11) is -1.76. The highest BCUT2D eigenvalue weighted by Gasteiger charge is 2.31. The molecule has 0 unspecified atom stereocenters. The fraction of sp³-hybridized carbons (Fsp3) is 0.667. The standard InChI is InChI=1S/C21H33N7O2S/c1-16(2)21-22-20(15-25(21)4)31(29,30)28-13-11-27(12-14-28)19-6-5-18(23-24-19)26-9-7-17(3)8-10-26/h5-6,15-17H,7-14H2,1-4H3. The molecule has 0 N–H and O–H groups in total. The van der Waals surface area contributed by atoms with E-state index in [0.29, 0.717) is 26.2 Å². The molecule has 4 heterocycles. The second kappa shape index (κ2) is 8.74. The minimum atomic E-state index is -3.60. The first-order valence-electron chi connectivity index (χ1n) is 11.1. The number of hydrogen-bond acceptors (Lipinski definition) is 7. The van der Waals surface area contributed by atoms with Crippen LogP contribution in [0.15, 0.2) is 23.4 Å². The monoisotopic (exact) mass is 447 g/mol. The van der Waals surface area contributed by atoms with Crippen molar-refractivity contribution in [2.24, 2.45) is 13.0 Å². The molecule has 2 aliphatic rings. The number of imidazole rings is 1. The highest BCUT2D eigenvalue weighted by atomic mass is 32.2. The molecule has 2 aromatic heterocycles. The first kappa shape index (κ1) is 22.0. The van der Waals surface area contributed by atoms with Gasteiger partial charge < -0.3 is 14.4 Å². The van der Waals surface area contributed by atoms with E-state index in [2.05, 4.69) is 31.9 Å². The largest absolute Gasteiger partial charge is 0.355 e. The topological polar surface area (TPSA) is 87.5 Å². The zero-order valence-corrected chi connectivity index (χ0v) is 19.7. The molecule has 4 rings (SSSR count). The number of piperidine rings is 1. The molecule has 10 heteroatoms. The molecule has 2 aliphatic heterocycles. The predicted octanol–water partition coefficient (Wildman–Crippen LogP) is 2.08. The summed E-state index contributed by atoms with van der Waals surface area (Å²) in [6.07, 6.45) is 3.99.